The molecule has 0 radical (unpaired) electrons. The minimum absolute atomic E-state index is 0.589. The number of ether oxygens (including phenoxy) is 2. The van der Waals surface area contributed by atoms with Gasteiger partial charge in [0, 0.05) is 5.56 Å². The van der Waals surface area contributed by atoms with Gasteiger partial charge < -0.3 is 14.8 Å². The summed E-state index contributed by atoms with van der Waals surface area (Å²) in [6.07, 6.45) is 3.40. The van der Waals surface area contributed by atoms with Gasteiger partial charge in [-0.2, -0.15) is 0 Å². The van der Waals surface area contributed by atoms with Crippen molar-refractivity contribution in [3.63, 3.8) is 0 Å². The van der Waals surface area contributed by atoms with Gasteiger partial charge in [0.2, 0.25) is 0 Å². The average Bonchev–Trinajstić information content (AvgIpc) is 2.46. The highest BCUT2D eigenvalue weighted by Gasteiger charge is 2.23. The number of aryl methyl sites for hydroxylation is 1. The van der Waals surface area contributed by atoms with Crippen LogP contribution in [0.25, 0.3) is 0 Å². The molecule has 100 valence electrons. The van der Waals surface area contributed by atoms with E-state index < -0.39 is 0 Å². The molecule has 0 spiro atoms. The number of rotatable bonds is 4. The largest absolute Gasteiger partial charge is 0.493 e. The highest BCUT2D eigenvalue weighted by atomic mass is 16.5. The zero-order valence-electron chi connectivity index (χ0n) is 11.6. The molecule has 3 nitrogen and oxygen atoms in total. The summed E-state index contributed by atoms with van der Waals surface area (Å²) in [6, 6.07) is 4.20. The fraction of sp³-hybridized carbons (Fsp3) is 0.600. The van der Waals surface area contributed by atoms with Gasteiger partial charge in [0.15, 0.2) is 11.5 Å². The van der Waals surface area contributed by atoms with Crippen LogP contribution in [0.4, 0.5) is 0 Å². The number of benzene rings is 1. The summed E-state index contributed by atoms with van der Waals surface area (Å²) in [5.41, 5.74) is 2.75. The summed E-state index contributed by atoms with van der Waals surface area (Å²) >= 11 is 0. The van der Waals surface area contributed by atoms with Crippen LogP contribution in [0.1, 0.15) is 36.8 Å². The molecular weight excluding hydrogens is 226 g/mol. The van der Waals surface area contributed by atoms with Crippen LogP contribution in [0.15, 0.2) is 12.1 Å². The molecule has 1 aliphatic heterocycles. The Morgan fingerprint density at radius 3 is 2.44 bits per heavy atom. The average molecular weight is 249 g/mol. The molecule has 0 atom stereocenters. The third-order valence-corrected chi connectivity index (χ3v) is 3.80. The molecule has 0 aromatic heterocycles. The van der Waals surface area contributed by atoms with E-state index in [-0.39, 0.29) is 0 Å². The van der Waals surface area contributed by atoms with Crippen LogP contribution in [0.3, 0.4) is 0 Å². The lowest BCUT2D eigenvalue weighted by molar-refractivity contribution is 0.343. The summed E-state index contributed by atoms with van der Waals surface area (Å²) in [6.45, 7) is 4.38. The third-order valence-electron chi connectivity index (χ3n) is 3.80. The van der Waals surface area contributed by atoms with Crippen molar-refractivity contribution in [2.45, 2.75) is 32.1 Å². The van der Waals surface area contributed by atoms with Crippen LogP contribution in [-0.4, -0.2) is 27.3 Å². The molecule has 18 heavy (non-hydrogen) atoms. The highest BCUT2D eigenvalue weighted by molar-refractivity contribution is 5.52. The molecule has 1 aromatic rings. The second-order valence-electron chi connectivity index (χ2n) is 4.75. The molecule has 1 aromatic carbocycles. The van der Waals surface area contributed by atoms with E-state index in [0.29, 0.717) is 5.92 Å². The third kappa shape index (κ3) is 2.46. The highest BCUT2D eigenvalue weighted by Crippen LogP contribution is 2.41. The summed E-state index contributed by atoms with van der Waals surface area (Å²) in [4.78, 5) is 0. The molecule has 0 saturated carbocycles. The Bertz CT molecular complexity index is 398. The van der Waals surface area contributed by atoms with Gasteiger partial charge in [0.05, 0.1) is 14.2 Å². The van der Waals surface area contributed by atoms with Gasteiger partial charge in [-0.15, -0.1) is 0 Å². The number of hydrogen-bond donors (Lipinski definition) is 1. The van der Waals surface area contributed by atoms with Crippen molar-refractivity contribution in [1.82, 2.24) is 5.32 Å². The predicted molar refractivity (Wildman–Crippen MR) is 73.8 cm³/mol. The summed E-state index contributed by atoms with van der Waals surface area (Å²) in [5, 5.41) is 3.42. The van der Waals surface area contributed by atoms with Gasteiger partial charge in [0.1, 0.15) is 0 Å². The topological polar surface area (TPSA) is 30.5 Å². The SMILES string of the molecule is CCc1ccc(OC)c(OC)c1C1CCNCC1. The van der Waals surface area contributed by atoms with Gasteiger partial charge >= 0.3 is 0 Å². The Balaban J connectivity index is 2.45. The van der Waals surface area contributed by atoms with Crippen molar-refractivity contribution >= 4 is 0 Å². The monoisotopic (exact) mass is 249 g/mol. The first-order valence-corrected chi connectivity index (χ1v) is 6.76. The molecule has 0 bridgehead atoms. The molecule has 1 aliphatic rings. The van der Waals surface area contributed by atoms with E-state index in [4.69, 9.17) is 9.47 Å². The standard InChI is InChI=1S/C15H23NO2/c1-4-11-5-6-13(17-2)15(18-3)14(11)12-7-9-16-10-8-12/h5-6,12,16H,4,7-10H2,1-3H3. The minimum Gasteiger partial charge on any atom is -0.493 e. The van der Waals surface area contributed by atoms with Crippen molar-refractivity contribution in [1.29, 1.82) is 0 Å². The molecule has 0 aliphatic carbocycles. The quantitative estimate of drug-likeness (QED) is 0.890. The molecule has 0 unspecified atom stereocenters. The second kappa shape index (κ2) is 6.10. The summed E-state index contributed by atoms with van der Waals surface area (Å²) in [7, 11) is 3.44. The van der Waals surface area contributed by atoms with E-state index in [0.717, 1.165) is 31.0 Å². The number of hydrogen-bond acceptors (Lipinski definition) is 3. The van der Waals surface area contributed by atoms with Crippen LogP contribution in [0.2, 0.25) is 0 Å². The Morgan fingerprint density at radius 1 is 1.17 bits per heavy atom. The number of methoxy groups -OCH3 is 2. The predicted octanol–water partition coefficient (Wildman–Crippen LogP) is 2.73. The van der Waals surface area contributed by atoms with Crippen molar-refractivity contribution < 1.29 is 9.47 Å². The van der Waals surface area contributed by atoms with Crippen LogP contribution < -0.4 is 14.8 Å². The van der Waals surface area contributed by atoms with E-state index in [1.807, 2.05) is 6.07 Å². The van der Waals surface area contributed by atoms with Gasteiger partial charge in [-0.25, -0.2) is 0 Å². The molecule has 1 fully saturated rings. The van der Waals surface area contributed by atoms with E-state index in [9.17, 15) is 0 Å². The molecule has 1 heterocycles. The van der Waals surface area contributed by atoms with Gasteiger partial charge in [-0.3, -0.25) is 0 Å². The fourth-order valence-corrected chi connectivity index (χ4v) is 2.86. The molecule has 2 rings (SSSR count). The maximum atomic E-state index is 5.62. The van der Waals surface area contributed by atoms with Crippen molar-refractivity contribution in [3.8, 4) is 11.5 Å². The second-order valence-corrected chi connectivity index (χ2v) is 4.75. The lowest BCUT2D eigenvalue weighted by Crippen LogP contribution is -2.27. The zero-order valence-corrected chi connectivity index (χ0v) is 11.6. The number of nitrogens with one attached hydrogen (secondary N) is 1. The maximum Gasteiger partial charge on any atom is 0.164 e. The minimum atomic E-state index is 0.589. The lowest BCUT2D eigenvalue weighted by Gasteiger charge is -2.27. The Morgan fingerprint density at radius 2 is 1.89 bits per heavy atom. The zero-order chi connectivity index (χ0) is 13.0. The van der Waals surface area contributed by atoms with Gasteiger partial charge in [-0.1, -0.05) is 13.0 Å². The molecule has 3 heteroatoms. The lowest BCUT2D eigenvalue weighted by atomic mass is 9.85. The molecule has 1 saturated heterocycles. The first-order valence-electron chi connectivity index (χ1n) is 6.76. The normalized spacial score (nSPS) is 16.6. The summed E-state index contributed by atoms with van der Waals surface area (Å²) < 4.78 is 11.0. The molecular formula is C15H23NO2. The first-order chi connectivity index (χ1) is 8.81. The van der Waals surface area contributed by atoms with E-state index >= 15 is 0 Å². The van der Waals surface area contributed by atoms with Crippen molar-refractivity contribution in [2.24, 2.45) is 0 Å². The van der Waals surface area contributed by atoms with Crippen LogP contribution >= 0.6 is 0 Å². The van der Waals surface area contributed by atoms with E-state index in [1.165, 1.54) is 24.0 Å². The Kier molecular flexibility index (Phi) is 4.48. The van der Waals surface area contributed by atoms with E-state index in [1.54, 1.807) is 14.2 Å². The van der Waals surface area contributed by atoms with Crippen LogP contribution in [0.5, 0.6) is 11.5 Å². The smallest absolute Gasteiger partial charge is 0.164 e. The molecule has 0 amide bonds. The van der Waals surface area contributed by atoms with Gasteiger partial charge in [0.25, 0.3) is 0 Å². The Labute approximate surface area is 109 Å². The van der Waals surface area contributed by atoms with Crippen LogP contribution in [0, 0.1) is 0 Å². The van der Waals surface area contributed by atoms with Crippen molar-refractivity contribution in [2.75, 3.05) is 27.3 Å². The number of piperidine rings is 1. The maximum absolute atomic E-state index is 5.62. The van der Waals surface area contributed by atoms with E-state index in [2.05, 4.69) is 18.3 Å². The molecule has 1 N–H and O–H groups in total. The van der Waals surface area contributed by atoms with Crippen LogP contribution in [-0.2, 0) is 6.42 Å². The summed E-state index contributed by atoms with van der Waals surface area (Å²) in [5.74, 6) is 2.37. The van der Waals surface area contributed by atoms with Crippen molar-refractivity contribution in [3.05, 3.63) is 23.3 Å². The fourth-order valence-electron chi connectivity index (χ4n) is 2.86. The van der Waals surface area contributed by atoms with Gasteiger partial charge in [-0.05, 0) is 49.9 Å². The Hall–Kier alpha value is -1.22. The first kappa shape index (κ1) is 13.2.